The number of ketones is 2. The highest BCUT2D eigenvalue weighted by atomic mass is 16.3. The molecule has 0 aromatic heterocycles. The highest BCUT2D eigenvalue weighted by Crippen LogP contribution is 2.68. The molecule has 3 rings (SSSR count). The van der Waals surface area contributed by atoms with Crippen molar-refractivity contribution in [2.75, 3.05) is 0 Å². The van der Waals surface area contributed by atoms with Gasteiger partial charge in [-0.2, -0.15) is 0 Å². The second-order valence-corrected chi connectivity index (χ2v) is 6.88. The van der Waals surface area contributed by atoms with Crippen molar-refractivity contribution in [2.24, 2.45) is 28.6 Å². The number of rotatable bonds is 0. The largest absolute Gasteiger partial charge is 0.504 e. The van der Waals surface area contributed by atoms with E-state index in [1.807, 2.05) is 6.92 Å². The van der Waals surface area contributed by atoms with Crippen LogP contribution in [-0.4, -0.2) is 16.7 Å². The van der Waals surface area contributed by atoms with Crippen LogP contribution in [0.4, 0.5) is 0 Å². The second kappa shape index (κ2) is 3.06. The van der Waals surface area contributed by atoms with Crippen molar-refractivity contribution in [3.63, 3.8) is 0 Å². The highest BCUT2D eigenvalue weighted by molar-refractivity contribution is 6.20. The molecule has 2 bridgehead atoms. The van der Waals surface area contributed by atoms with E-state index in [2.05, 4.69) is 13.8 Å². The van der Waals surface area contributed by atoms with Crippen LogP contribution in [0.25, 0.3) is 0 Å². The van der Waals surface area contributed by atoms with Gasteiger partial charge in [0.25, 0.3) is 0 Å². The molecule has 3 aliphatic carbocycles. The molecule has 1 spiro atoms. The van der Waals surface area contributed by atoms with Gasteiger partial charge in [0.05, 0.1) is 0 Å². The van der Waals surface area contributed by atoms with E-state index >= 15 is 0 Å². The zero-order valence-electron chi connectivity index (χ0n) is 11.4. The lowest BCUT2D eigenvalue weighted by Crippen LogP contribution is -2.47. The molecule has 3 heteroatoms. The molecular weight excluding hydrogens is 228 g/mol. The maximum atomic E-state index is 12.8. The Morgan fingerprint density at radius 2 is 1.83 bits per heavy atom. The Kier molecular flexibility index (Phi) is 2.03. The minimum Gasteiger partial charge on any atom is -0.504 e. The zero-order valence-corrected chi connectivity index (χ0v) is 11.4. The lowest BCUT2D eigenvalue weighted by Gasteiger charge is -2.33. The van der Waals surface area contributed by atoms with Crippen molar-refractivity contribution < 1.29 is 14.7 Å². The third kappa shape index (κ3) is 0.918. The fourth-order valence-electron chi connectivity index (χ4n) is 5.13. The quantitative estimate of drug-likeness (QED) is 0.670. The van der Waals surface area contributed by atoms with Crippen LogP contribution >= 0.6 is 0 Å². The summed E-state index contributed by atoms with van der Waals surface area (Å²) in [6, 6.07) is 0. The Hall–Kier alpha value is -1.12. The van der Waals surface area contributed by atoms with Crippen LogP contribution < -0.4 is 0 Å². The van der Waals surface area contributed by atoms with Gasteiger partial charge in [-0.3, -0.25) is 9.59 Å². The summed E-state index contributed by atoms with van der Waals surface area (Å²) in [5, 5.41) is 10.1. The van der Waals surface area contributed by atoms with E-state index in [1.165, 1.54) is 0 Å². The van der Waals surface area contributed by atoms with E-state index in [0.29, 0.717) is 5.57 Å². The Labute approximate surface area is 107 Å². The summed E-state index contributed by atoms with van der Waals surface area (Å²) >= 11 is 0. The van der Waals surface area contributed by atoms with Gasteiger partial charge in [0.2, 0.25) is 5.78 Å². The molecule has 0 heterocycles. The average molecular weight is 248 g/mol. The van der Waals surface area contributed by atoms with Gasteiger partial charge in [-0.15, -0.1) is 0 Å². The molecule has 0 radical (unpaired) electrons. The molecule has 2 saturated carbocycles. The number of allylic oxidation sites excluding steroid dienone is 2. The highest BCUT2D eigenvalue weighted by Gasteiger charge is 2.74. The van der Waals surface area contributed by atoms with Gasteiger partial charge in [-0.05, 0) is 42.6 Å². The number of carbonyl (C=O) groups is 2. The molecule has 0 aromatic rings. The van der Waals surface area contributed by atoms with Crippen LogP contribution in [0.2, 0.25) is 0 Å². The monoisotopic (exact) mass is 248 g/mol. The van der Waals surface area contributed by atoms with Gasteiger partial charge >= 0.3 is 0 Å². The first-order chi connectivity index (χ1) is 8.27. The van der Waals surface area contributed by atoms with Crippen LogP contribution in [0.3, 0.4) is 0 Å². The van der Waals surface area contributed by atoms with Crippen molar-refractivity contribution in [3.05, 3.63) is 11.3 Å². The van der Waals surface area contributed by atoms with Crippen molar-refractivity contribution in [1.82, 2.24) is 0 Å². The molecule has 98 valence electrons. The minimum atomic E-state index is -0.919. The summed E-state index contributed by atoms with van der Waals surface area (Å²) in [4.78, 5) is 25.4. The molecule has 3 nitrogen and oxygen atoms in total. The van der Waals surface area contributed by atoms with Gasteiger partial charge < -0.3 is 5.11 Å². The van der Waals surface area contributed by atoms with Gasteiger partial charge in [-0.1, -0.05) is 20.8 Å². The minimum absolute atomic E-state index is 0.0574. The molecule has 2 fully saturated rings. The summed E-state index contributed by atoms with van der Waals surface area (Å²) in [7, 11) is 0. The number of aliphatic hydroxyl groups is 1. The van der Waals surface area contributed by atoms with Crippen molar-refractivity contribution in [1.29, 1.82) is 0 Å². The first-order valence-electron chi connectivity index (χ1n) is 6.76. The van der Waals surface area contributed by atoms with Crippen LogP contribution in [0.1, 0.15) is 40.5 Å². The van der Waals surface area contributed by atoms with E-state index in [-0.39, 0.29) is 40.5 Å². The standard InChI is InChI=1S/C15H20O3/c1-7-5-6-9-14(3,4)10-8(2)11(16)13(18)15(7,9)12(10)17/h7,9-10,16H,5-6H2,1-4H3/t7-,9+,10+,15+/m1/s1. The van der Waals surface area contributed by atoms with Crippen LogP contribution in [0.15, 0.2) is 11.3 Å². The fourth-order valence-corrected chi connectivity index (χ4v) is 5.13. The third-order valence-corrected chi connectivity index (χ3v) is 5.92. The Morgan fingerprint density at radius 3 is 2.44 bits per heavy atom. The predicted molar refractivity (Wildman–Crippen MR) is 66.9 cm³/mol. The SMILES string of the molecule is CC1=C(O)C(=O)[C@]23C(=O)[C@H]1C(C)(C)[C@@H]2CC[C@H]3C. The first-order valence-corrected chi connectivity index (χ1v) is 6.76. The molecule has 0 aliphatic heterocycles. The van der Waals surface area contributed by atoms with E-state index in [4.69, 9.17) is 0 Å². The van der Waals surface area contributed by atoms with E-state index < -0.39 is 5.41 Å². The number of carbonyl (C=O) groups excluding carboxylic acids is 2. The Bertz CT molecular complexity index is 500. The lowest BCUT2D eigenvalue weighted by atomic mass is 9.66. The van der Waals surface area contributed by atoms with E-state index in [1.54, 1.807) is 6.92 Å². The van der Waals surface area contributed by atoms with Gasteiger partial charge in [-0.25, -0.2) is 0 Å². The van der Waals surface area contributed by atoms with Crippen LogP contribution in [0, 0.1) is 28.6 Å². The molecule has 4 atom stereocenters. The summed E-state index contributed by atoms with van der Waals surface area (Å²) in [6.07, 6.45) is 1.83. The summed E-state index contributed by atoms with van der Waals surface area (Å²) in [5.41, 5.74) is -0.550. The zero-order chi connectivity index (χ0) is 13.5. The summed E-state index contributed by atoms with van der Waals surface area (Å²) < 4.78 is 0. The Balaban J connectivity index is 2.34. The topological polar surface area (TPSA) is 54.4 Å². The number of hydrogen-bond acceptors (Lipinski definition) is 3. The van der Waals surface area contributed by atoms with Crippen LogP contribution in [-0.2, 0) is 9.59 Å². The first kappa shape index (κ1) is 11.9. The molecule has 0 amide bonds. The number of fused-ring (bicyclic) bond motifs is 1. The molecule has 0 unspecified atom stereocenters. The third-order valence-electron chi connectivity index (χ3n) is 5.92. The van der Waals surface area contributed by atoms with Crippen molar-refractivity contribution >= 4 is 11.6 Å². The Morgan fingerprint density at radius 1 is 1.22 bits per heavy atom. The molecule has 3 aliphatic rings. The smallest absolute Gasteiger partial charge is 0.211 e. The maximum absolute atomic E-state index is 12.8. The van der Waals surface area contributed by atoms with Crippen molar-refractivity contribution in [2.45, 2.75) is 40.5 Å². The van der Waals surface area contributed by atoms with Crippen LogP contribution in [0.5, 0.6) is 0 Å². The molecule has 0 saturated heterocycles. The predicted octanol–water partition coefficient (Wildman–Crippen LogP) is 2.66. The lowest BCUT2D eigenvalue weighted by molar-refractivity contribution is -0.144. The second-order valence-electron chi connectivity index (χ2n) is 6.88. The summed E-state index contributed by atoms with van der Waals surface area (Å²) in [5.74, 6) is -0.497. The average Bonchev–Trinajstić information content (AvgIpc) is 2.70. The van der Waals surface area contributed by atoms with Gasteiger partial charge in [0.15, 0.2) is 11.5 Å². The molecular formula is C15H20O3. The van der Waals surface area contributed by atoms with Gasteiger partial charge in [0.1, 0.15) is 5.41 Å². The fraction of sp³-hybridized carbons (Fsp3) is 0.733. The maximum Gasteiger partial charge on any atom is 0.211 e. The number of aliphatic hydroxyl groups excluding tert-OH is 1. The number of Topliss-reactive ketones (excluding diaryl/α,β-unsaturated/α-hetero) is 2. The molecule has 1 N–H and O–H groups in total. The summed E-state index contributed by atoms with van der Waals surface area (Å²) in [6.45, 7) is 7.88. The normalized spacial score (nSPS) is 45.7. The number of hydrogen-bond donors (Lipinski definition) is 1. The van der Waals surface area contributed by atoms with E-state index in [9.17, 15) is 14.7 Å². The molecule has 0 aromatic carbocycles. The van der Waals surface area contributed by atoms with Gasteiger partial charge in [0, 0.05) is 5.92 Å². The molecule has 18 heavy (non-hydrogen) atoms. The van der Waals surface area contributed by atoms with Crippen molar-refractivity contribution in [3.8, 4) is 0 Å². The van der Waals surface area contributed by atoms with E-state index in [0.717, 1.165) is 12.8 Å².